The Kier molecular flexibility index (Phi) is 6.20. The van der Waals surface area contributed by atoms with Crippen molar-refractivity contribution in [3.63, 3.8) is 0 Å². The molecule has 0 aliphatic heterocycles. The Bertz CT molecular complexity index is 534. The zero-order chi connectivity index (χ0) is 14.9. The van der Waals surface area contributed by atoms with Gasteiger partial charge in [-0.1, -0.05) is 79.7 Å². The Morgan fingerprint density at radius 1 is 1.00 bits per heavy atom. The van der Waals surface area contributed by atoms with E-state index in [0.717, 1.165) is 11.1 Å². The van der Waals surface area contributed by atoms with E-state index >= 15 is 0 Å². The van der Waals surface area contributed by atoms with Crippen molar-refractivity contribution in [1.29, 1.82) is 0 Å². The third-order valence-corrected chi connectivity index (χ3v) is 3.41. The zero-order valence-electron chi connectivity index (χ0n) is 12.4. The molecule has 0 saturated heterocycles. The fourth-order valence-electron chi connectivity index (χ4n) is 2.05. The highest BCUT2D eigenvalue weighted by Crippen LogP contribution is 2.14. The first-order valence-electron chi connectivity index (χ1n) is 7.29. The molecule has 0 heterocycles. The van der Waals surface area contributed by atoms with Gasteiger partial charge in [-0.2, -0.15) is 0 Å². The van der Waals surface area contributed by atoms with E-state index in [1.54, 1.807) is 0 Å². The van der Waals surface area contributed by atoms with Crippen LogP contribution in [0.1, 0.15) is 18.1 Å². The molecule has 2 aromatic rings. The van der Waals surface area contributed by atoms with Crippen LogP contribution in [0.3, 0.4) is 0 Å². The van der Waals surface area contributed by atoms with Crippen LogP contribution in [0.4, 0.5) is 0 Å². The minimum Gasteiger partial charge on any atom is -0.396 e. The second kappa shape index (κ2) is 8.40. The fourth-order valence-corrected chi connectivity index (χ4v) is 2.05. The van der Waals surface area contributed by atoms with E-state index in [9.17, 15) is 5.11 Å². The maximum atomic E-state index is 9.39. The molecule has 0 aromatic heterocycles. The average molecular weight is 282 g/mol. The molecule has 0 aliphatic rings. The molecule has 110 valence electrons. The van der Waals surface area contributed by atoms with E-state index in [4.69, 9.17) is 4.74 Å². The van der Waals surface area contributed by atoms with Crippen LogP contribution >= 0.6 is 0 Å². The Morgan fingerprint density at radius 3 is 2.24 bits per heavy atom. The predicted molar refractivity (Wildman–Crippen MR) is 86.7 cm³/mol. The molecule has 2 nitrogen and oxygen atoms in total. The van der Waals surface area contributed by atoms with E-state index < -0.39 is 0 Å². The number of ether oxygens (including phenoxy) is 1. The Morgan fingerprint density at radius 2 is 1.62 bits per heavy atom. The lowest BCUT2D eigenvalue weighted by molar-refractivity contribution is 0.0200. The first kappa shape index (κ1) is 15.5. The Balaban J connectivity index is 1.99. The van der Waals surface area contributed by atoms with E-state index in [0.29, 0.717) is 6.61 Å². The van der Waals surface area contributed by atoms with Crippen LogP contribution in [-0.4, -0.2) is 17.8 Å². The lowest BCUT2D eigenvalue weighted by atomic mass is 10.0. The van der Waals surface area contributed by atoms with Gasteiger partial charge >= 0.3 is 0 Å². The van der Waals surface area contributed by atoms with E-state index in [2.05, 4.69) is 0 Å². The fraction of sp³-hybridized carbons (Fsp3) is 0.263. The van der Waals surface area contributed by atoms with Gasteiger partial charge in [0.15, 0.2) is 0 Å². The van der Waals surface area contributed by atoms with Gasteiger partial charge < -0.3 is 9.84 Å². The maximum absolute atomic E-state index is 9.39. The lowest BCUT2D eigenvalue weighted by Crippen LogP contribution is -2.22. The summed E-state index contributed by atoms with van der Waals surface area (Å²) in [4.78, 5) is 0. The summed E-state index contributed by atoms with van der Waals surface area (Å²) in [5, 5.41) is 9.39. The molecule has 0 fully saturated rings. The summed E-state index contributed by atoms with van der Waals surface area (Å²) in [6.07, 6.45) is 3.97. The highest BCUT2D eigenvalue weighted by molar-refractivity contribution is 5.49. The van der Waals surface area contributed by atoms with E-state index in [-0.39, 0.29) is 18.6 Å². The summed E-state index contributed by atoms with van der Waals surface area (Å²) < 4.78 is 5.96. The van der Waals surface area contributed by atoms with Crippen molar-refractivity contribution in [1.82, 2.24) is 0 Å². The molecule has 0 spiro atoms. The van der Waals surface area contributed by atoms with Crippen molar-refractivity contribution in [2.75, 3.05) is 6.61 Å². The van der Waals surface area contributed by atoms with Crippen molar-refractivity contribution in [2.45, 2.75) is 19.6 Å². The van der Waals surface area contributed by atoms with Crippen LogP contribution in [0.25, 0.3) is 6.08 Å². The molecule has 0 unspecified atom stereocenters. The summed E-state index contributed by atoms with van der Waals surface area (Å²) in [7, 11) is 0. The van der Waals surface area contributed by atoms with Gasteiger partial charge in [0.2, 0.25) is 0 Å². The lowest BCUT2D eigenvalue weighted by Gasteiger charge is -2.20. The number of aliphatic hydroxyl groups is 1. The summed E-state index contributed by atoms with van der Waals surface area (Å²) in [5.74, 6) is 0.0636. The molecule has 0 radical (unpaired) electrons. The standard InChI is InChI=1S/C19H22O2/c1-16(14-20)19(13-12-17-8-4-2-5-9-17)21-15-18-10-6-3-7-11-18/h2-13,16,19-20H,14-15H2,1H3/b13-12+/t16-,19+/m0/s1. The number of aliphatic hydroxyl groups excluding tert-OH is 1. The van der Waals surface area contributed by atoms with Crippen LogP contribution in [0.2, 0.25) is 0 Å². The van der Waals surface area contributed by atoms with Gasteiger partial charge in [-0.25, -0.2) is 0 Å². The highest BCUT2D eigenvalue weighted by atomic mass is 16.5. The van der Waals surface area contributed by atoms with Crippen molar-refractivity contribution >= 4 is 6.08 Å². The minimum absolute atomic E-state index is 0.0636. The van der Waals surface area contributed by atoms with Gasteiger partial charge in [0.1, 0.15) is 0 Å². The summed E-state index contributed by atoms with van der Waals surface area (Å²) >= 11 is 0. The Hall–Kier alpha value is -1.90. The average Bonchev–Trinajstić information content (AvgIpc) is 2.56. The minimum atomic E-state index is -0.101. The highest BCUT2D eigenvalue weighted by Gasteiger charge is 2.14. The normalized spacial score (nSPS) is 14.2. The molecule has 21 heavy (non-hydrogen) atoms. The monoisotopic (exact) mass is 282 g/mol. The first-order chi connectivity index (χ1) is 10.3. The van der Waals surface area contributed by atoms with Crippen molar-refractivity contribution < 1.29 is 9.84 Å². The molecule has 2 atom stereocenters. The van der Waals surface area contributed by atoms with Crippen molar-refractivity contribution in [3.05, 3.63) is 77.9 Å². The number of hydrogen-bond acceptors (Lipinski definition) is 2. The topological polar surface area (TPSA) is 29.5 Å². The molecule has 1 N–H and O–H groups in total. The van der Waals surface area contributed by atoms with Gasteiger partial charge in [0, 0.05) is 12.5 Å². The molecule has 0 amide bonds. The summed E-state index contributed by atoms with van der Waals surface area (Å²) in [6.45, 7) is 2.65. The van der Waals surface area contributed by atoms with Crippen LogP contribution < -0.4 is 0 Å². The SMILES string of the molecule is C[C@@H](CO)[C@@H](/C=C/c1ccccc1)OCc1ccccc1. The number of benzene rings is 2. The Labute approximate surface area is 126 Å². The van der Waals surface area contributed by atoms with Crippen LogP contribution in [0.15, 0.2) is 66.7 Å². The molecule has 0 bridgehead atoms. The van der Waals surface area contributed by atoms with E-state index in [1.807, 2.05) is 79.7 Å². The van der Waals surface area contributed by atoms with Gasteiger partial charge in [-0.05, 0) is 11.1 Å². The van der Waals surface area contributed by atoms with Crippen LogP contribution in [0, 0.1) is 5.92 Å². The third-order valence-electron chi connectivity index (χ3n) is 3.41. The molecule has 2 rings (SSSR count). The third kappa shape index (κ3) is 5.18. The predicted octanol–water partition coefficient (Wildman–Crippen LogP) is 3.91. The van der Waals surface area contributed by atoms with Crippen molar-refractivity contribution in [3.8, 4) is 0 Å². The van der Waals surface area contributed by atoms with Gasteiger partial charge in [0.05, 0.1) is 12.7 Å². The maximum Gasteiger partial charge on any atom is 0.0811 e. The molecular weight excluding hydrogens is 260 g/mol. The van der Waals surface area contributed by atoms with Crippen LogP contribution in [0.5, 0.6) is 0 Å². The quantitative estimate of drug-likeness (QED) is 0.834. The van der Waals surface area contributed by atoms with Crippen LogP contribution in [-0.2, 0) is 11.3 Å². The van der Waals surface area contributed by atoms with Gasteiger partial charge in [0.25, 0.3) is 0 Å². The van der Waals surface area contributed by atoms with E-state index in [1.165, 1.54) is 0 Å². The second-order valence-corrected chi connectivity index (χ2v) is 5.19. The van der Waals surface area contributed by atoms with Gasteiger partial charge in [-0.3, -0.25) is 0 Å². The molecular formula is C19H22O2. The molecule has 0 saturated carbocycles. The van der Waals surface area contributed by atoms with Crippen molar-refractivity contribution in [2.24, 2.45) is 5.92 Å². The van der Waals surface area contributed by atoms with Gasteiger partial charge in [-0.15, -0.1) is 0 Å². The smallest absolute Gasteiger partial charge is 0.0811 e. The second-order valence-electron chi connectivity index (χ2n) is 5.19. The molecule has 2 aromatic carbocycles. The summed E-state index contributed by atoms with van der Waals surface area (Å²) in [5.41, 5.74) is 2.27. The summed E-state index contributed by atoms with van der Waals surface area (Å²) in [6, 6.07) is 20.2. The zero-order valence-corrected chi connectivity index (χ0v) is 12.4. The molecule has 0 aliphatic carbocycles. The molecule has 2 heteroatoms. The largest absolute Gasteiger partial charge is 0.396 e. The first-order valence-corrected chi connectivity index (χ1v) is 7.29. The number of hydrogen-bond donors (Lipinski definition) is 1. The number of rotatable bonds is 7.